The number of hydrogen-bond acceptors (Lipinski definition) is 2. The second-order valence-corrected chi connectivity index (χ2v) is 12.1. The fraction of sp³-hybridized carbons (Fsp3) is 0.200. The molecule has 2 heterocycles. The Labute approximate surface area is 245 Å². The first kappa shape index (κ1) is 24.1. The van der Waals surface area contributed by atoms with Crippen LogP contribution in [0.15, 0.2) is 106 Å². The van der Waals surface area contributed by atoms with Crippen molar-refractivity contribution in [2.75, 3.05) is 0 Å². The van der Waals surface area contributed by atoms with E-state index in [1.54, 1.807) is 0 Å². The third kappa shape index (κ3) is 3.64. The molecule has 2 aliphatic carbocycles. The Kier molecular flexibility index (Phi) is 5.44. The lowest BCUT2D eigenvalue weighted by Gasteiger charge is -2.22. The van der Waals surface area contributed by atoms with Gasteiger partial charge < -0.3 is 8.83 Å². The third-order valence-corrected chi connectivity index (χ3v) is 9.57. The second kappa shape index (κ2) is 9.49. The van der Waals surface area contributed by atoms with E-state index in [0.29, 0.717) is 0 Å². The molecule has 2 aliphatic heterocycles. The van der Waals surface area contributed by atoms with Crippen LogP contribution < -0.4 is 0 Å². The van der Waals surface area contributed by atoms with Gasteiger partial charge in [-0.05, 0) is 132 Å². The van der Waals surface area contributed by atoms with Crippen LogP contribution in [0.5, 0.6) is 0 Å². The van der Waals surface area contributed by atoms with Crippen LogP contribution in [-0.4, -0.2) is 0 Å². The first-order chi connectivity index (χ1) is 20.8. The van der Waals surface area contributed by atoms with Crippen molar-refractivity contribution >= 4 is 49.5 Å². The SMILES string of the molecule is C1=CCCCCC=CC(c2ccc3oc4ccc5c(-c6ccc7c(c6)CCCC7)ccc6oc7ccc2c3c7-c4c65)=C1. The normalized spacial score (nSPS) is 16.2. The molecule has 0 amide bonds. The Morgan fingerprint density at radius 2 is 1.17 bits per heavy atom. The van der Waals surface area contributed by atoms with Crippen LogP contribution >= 0.6 is 0 Å². The number of hydrogen-bond donors (Lipinski definition) is 0. The van der Waals surface area contributed by atoms with Crippen molar-refractivity contribution in [1.29, 1.82) is 0 Å². The van der Waals surface area contributed by atoms with Crippen LogP contribution in [0.25, 0.3) is 71.7 Å². The van der Waals surface area contributed by atoms with E-state index in [4.69, 9.17) is 8.83 Å². The van der Waals surface area contributed by atoms with Crippen LogP contribution in [0.3, 0.4) is 0 Å². The molecule has 2 heteroatoms. The fourth-order valence-electron chi connectivity index (χ4n) is 7.51. The lowest BCUT2D eigenvalue weighted by Crippen LogP contribution is -2.02. The van der Waals surface area contributed by atoms with Crippen molar-refractivity contribution in [3.63, 3.8) is 0 Å². The summed E-state index contributed by atoms with van der Waals surface area (Å²) < 4.78 is 13.4. The van der Waals surface area contributed by atoms with Gasteiger partial charge in [-0.3, -0.25) is 0 Å². The Morgan fingerprint density at radius 3 is 1.93 bits per heavy atom. The van der Waals surface area contributed by atoms with Crippen LogP contribution in [0.1, 0.15) is 55.2 Å². The summed E-state index contributed by atoms with van der Waals surface area (Å²) in [6.45, 7) is 0. The molecule has 5 aromatic carbocycles. The summed E-state index contributed by atoms with van der Waals surface area (Å²) in [7, 11) is 0. The van der Waals surface area contributed by atoms with Gasteiger partial charge in [0.15, 0.2) is 0 Å². The second-order valence-electron chi connectivity index (χ2n) is 12.1. The summed E-state index contributed by atoms with van der Waals surface area (Å²) >= 11 is 0. The highest BCUT2D eigenvalue weighted by Crippen LogP contribution is 2.50. The maximum atomic E-state index is 6.68. The summed E-state index contributed by atoms with van der Waals surface area (Å²) in [5.41, 5.74) is 14.0. The van der Waals surface area contributed by atoms with E-state index in [-0.39, 0.29) is 0 Å². The molecule has 4 aliphatic rings. The van der Waals surface area contributed by atoms with Crippen LogP contribution in [0.2, 0.25) is 0 Å². The van der Waals surface area contributed by atoms with Gasteiger partial charge in [-0.2, -0.15) is 0 Å². The molecule has 0 spiro atoms. The molecule has 204 valence electrons. The molecule has 5 aromatic rings. The number of rotatable bonds is 2. The smallest absolute Gasteiger partial charge is 0.136 e. The molecule has 0 saturated heterocycles. The van der Waals surface area contributed by atoms with Crippen molar-refractivity contribution < 1.29 is 8.83 Å². The van der Waals surface area contributed by atoms with Gasteiger partial charge in [0.05, 0.1) is 0 Å². The molecule has 0 saturated carbocycles. The van der Waals surface area contributed by atoms with E-state index in [0.717, 1.165) is 57.1 Å². The number of allylic oxidation sites excluding steroid dienone is 6. The molecule has 0 N–H and O–H groups in total. The summed E-state index contributed by atoms with van der Waals surface area (Å²) in [4.78, 5) is 0. The average Bonchev–Trinajstić information content (AvgIpc) is 3.04. The first-order valence-electron chi connectivity index (χ1n) is 15.5. The molecule has 9 rings (SSSR count). The van der Waals surface area contributed by atoms with Crippen molar-refractivity contribution in [2.24, 2.45) is 0 Å². The summed E-state index contributed by atoms with van der Waals surface area (Å²) in [6.07, 6.45) is 21.1. The maximum Gasteiger partial charge on any atom is 0.136 e. The molecular weight excluding hydrogens is 512 g/mol. The van der Waals surface area contributed by atoms with E-state index in [2.05, 4.69) is 97.1 Å². The number of benzene rings is 5. The van der Waals surface area contributed by atoms with E-state index in [1.165, 1.54) is 82.7 Å². The molecule has 0 aromatic heterocycles. The Morgan fingerprint density at radius 1 is 0.524 bits per heavy atom. The number of fused-ring (bicyclic) bond motifs is 1. The van der Waals surface area contributed by atoms with Crippen LogP contribution in [-0.2, 0) is 12.8 Å². The first-order valence-corrected chi connectivity index (χ1v) is 15.5. The summed E-state index contributed by atoms with van der Waals surface area (Å²) in [6, 6.07) is 24.6. The topological polar surface area (TPSA) is 26.3 Å². The third-order valence-electron chi connectivity index (χ3n) is 9.57. The molecular formula is C40H32O2. The van der Waals surface area contributed by atoms with Gasteiger partial charge in [-0.25, -0.2) is 0 Å². The van der Waals surface area contributed by atoms with Crippen molar-refractivity contribution in [1.82, 2.24) is 0 Å². The van der Waals surface area contributed by atoms with E-state index >= 15 is 0 Å². The van der Waals surface area contributed by atoms with Gasteiger partial charge in [0, 0.05) is 21.9 Å². The lowest BCUT2D eigenvalue weighted by molar-refractivity contribution is 0.646. The zero-order valence-corrected chi connectivity index (χ0v) is 23.7. The van der Waals surface area contributed by atoms with Gasteiger partial charge in [-0.15, -0.1) is 0 Å². The molecule has 42 heavy (non-hydrogen) atoms. The van der Waals surface area contributed by atoms with Gasteiger partial charge >= 0.3 is 0 Å². The predicted molar refractivity (Wildman–Crippen MR) is 176 cm³/mol. The molecule has 2 nitrogen and oxygen atoms in total. The van der Waals surface area contributed by atoms with Crippen molar-refractivity contribution in [3.05, 3.63) is 114 Å². The van der Waals surface area contributed by atoms with Gasteiger partial charge in [-0.1, -0.05) is 60.7 Å². The highest BCUT2D eigenvalue weighted by atomic mass is 16.3. The van der Waals surface area contributed by atoms with Crippen LogP contribution in [0, 0.1) is 0 Å². The Hall–Kier alpha value is -4.56. The largest absolute Gasteiger partial charge is 0.456 e. The average molecular weight is 545 g/mol. The standard InChI is InChI=1S/C40H32O2/c1-2-4-6-11-26(12-7-5-3-1)29-16-20-33-37-31(29)18-22-35-39(37)40-36(41-33)23-19-32-30(17-21-34(42-35)38(32)40)28-15-14-25-10-8-9-13-27(25)24-28/h4,6-7,11-12,14-24H,1-3,5,8-10,13H2. The molecule has 0 fully saturated rings. The molecule has 0 bridgehead atoms. The molecule has 0 radical (unpaired) electrons. The highest BCUT2D eigenvalue weighted by Gasteiger charge is 2.26. The van der Waals surface area contributed by atoms with E-state index in [1.807, 2.05) is 0 Å². The number of aryl methyl sites for hydroxylation is 2. The highest BCUT2D eigenvalue weighted by molar-refractivity contribution is 6.25. The minimum Gasteiger partial charge on any atom is -0.456 e. The zero-order chi connectivity index (χ0) is 27.6. The fourth-order valence-corrected chi connectivity index (χ4v) is 7.51. The Balaban J connectivity index is 1.30. The van der Waals surface area contributed by atoms with Gasteiger partial charge in [0.25, 0.3) is 0 Å². The van der Waals surface area contributed by atoms with Gasteiger partial charge in [0.1, 0.15) is 22.3 Å². The minimum absolute atomic E-state index is 0.898. The quantitative estimate of drug-likeness (QED) is 0.160. The summed E-state index contributed by atoms with van der Waals surface area (Å²) in [5, 5.41) is 4.72. The lowest BCUT2D eigenvalue weighted by atomic mass is 9.85. The molecule has 0 unspecified atom stereocenters. The maximum absolute atomic E-state index is 6.68. The van der Waals surface area contributed by atoms with Crippen LogP contribution in [0.4, 0.5) is 0 Å². The molecule has 0 atom stereocenters. The van der Waals surface area contributed by atoms with Crippen molar-refractivity contribution in [2.45, 2.75) is 51.4 Å². The Bertz CT molecular complexity index is 2190. The van der Waals surface area contributed by atoms with E-state index in [9.17, 15) is 0 Å². The zero-order valence-electron chi connectivity index (χ0n) is 23.7. The predicted octanol–water partition coefficient (Wildman–Crippen LogP) is 11.6. The monoisotopic (exact) mass is 544 g/mol. The van der Waals surface area contributed by atoms with Gasteiger partial charge in [0.2, 0.25) is 0 Å². The van der Waals surface area contributed by atoms with E-state index < -0.39 is 0 Å². The summed E-state index contributed by atoms with van der Waals surface area (Å²) in [5.74, 6) is 0. The van der Waals surface area contributed by atoms with Crippen molar-refractivity contribution in [3.8, 4) is 22.3 Å². The minimum atomic E-state index is 0.898.